The number of nitrogens with two attached hydrogens (primary N) is 1. The molecule has 2 saturated heterocycles. The molecule has 0 amide bonds. The zero-order valence-electron chi connectivity index (χ0n) is 22.2. The first-order valence-corrected chi connectivity index (χ1v) is 15.9. The highest BCUT2D eigenvalue weighted by molar-refractivity contribution is 7.87. The van der Waals surface area contributed by atoms with Crippen molar-refractivity contribution in [1.29, 1.82) is 0 Å². The average Bonchev–Trinajstić information content (AvgIpc) is 3.23. The van der Waals surface area contributed by atoms with E-state index < -0.39 is 10.2 Å². The van der Waals surface area contributed by atoms with E-state index in [-0.39, 0.29) is 11.6 Å². The molecular formula is C28H47N3O3S. The first-order valence-electron chi connectivity index (χ1n) is 14.4. The van der Waals surface area contributed by atoms with Gasteiger partial charge < -0.3 is 10.1 Å². The van der Waals surface area contributed by atoms with Crippen LogP contribution >= 0.6 is 0 Å². The van der Waals surface area contributed by atoms with E-state index in [1.807, 2.05) is 0 Å². The summed E-state index contributed by atoms with van der Waals surface area (Å²) in [6, 6.07) is 0.526. The molecule has 6 rings (SSSR count). The minimum absolute atomic E-state index is 0.00757. The van der Waals surface area contributed by atoms with Crippen LogP contribution in [0, 0.1) is 40.9 Å². The molecule has 0 aromatic carbocycles. The molecule has 4 aliphatic carbocycles. The lowest BCUT2D eigenvalue weighted by Crippen LogP contribution is -2.51. The monoisotopic (exact) mass is 505 g/mol. The summed E-state index contributed by atoms with van der Waals surface area (Å²) in [5, 5.41) is 9.15. The van der Waals surface area contributed by atoms with Gasteiger partial charge in [-0.25, -0.2) is 5.14 Å². The highest BCUT2D eigenvalue weighted by atomic mass is 32.2. The Balaban J connectivity index is 1.22. The summed E-state index contributed by atoms with van der Waals surface area (Å²) in [5.41, 5.74) is 3.74. The SMILES string of the molecule is CC1=C2C[C@H]3C(CCC4C[C@@H](NS(N)(=O)=O)CC[C@@]43C)[C@@H]2CC[C@@]2(C1)O[C@@H]1C[C@H](C)CN[C@H]1[C@H]2C. The molecule has 0 radical (unpaired) electrons. The third-order valence-electron chi connectivity index (χ3n) is 12.0. The summed E-state index contributed by atoms with van der Waals surface area (Å²) in [6.07, 6.45) is 11.9. The van der Waals surface area contributed by atoms with Crippen molar-refractivity contribution in [2.75, 3.05) is 6.54 Å². The van der Waals surface area contributed by atoms with Crippen LogP contribution < -0.4 is 15.2 Å². The van der Waals surface area contributed by atoms with Crippen molar-refractivity contribution in [3.05, 3.63) is 11.1 Å². The molecule has 6 aliphatic rings. The van der Waals surface area contributed by atoms with E-state index in [4.69, 9.17) is 9.88 Å². The molecule has 2 unspecified atom stereocenters. The molecule has 35 heavy (non-hydrogen) atoms. The maximum absolute atomic E-state index is 11.6. The molecule has 0 aromatic heterocycles. The Morgan fingerprint density at radius 2 is 1.91 bits per heavy atom. The van der Waals surface area contributed by atoms with Crippen molar-refractivity contribution in [2.24, 2.45) is 46.1 Å². The minimum Gasteiger partial charge on any atom is -0.369 e. The molecule has 6 nitrogen and oxygen atoms in total. The third-order valence-corrected chi connectivity index (χ3v) is 12.6. The normalized spacial score (nSPS) is 52.0. The van der Waals surface area contributed by atoms with Crippen LogP contribution in [0.25, 0.3) is 0 Å². The summed E-state index contributed by atoms with van der Waals surface area (Å²) >= 11 is 0. The molecule has 0 aromatic rings. The van der Waals surface area contributed by atoms with Gasteiger partial charge in [-0.05, 0) is 113 Å². The van der Waals surface area contributed by atoms with Crippen LogP contribution in [0.1, 0.15) is 91.9 Å². The largest absolute Gasteiger partial charge is 0.369 e. The molecule has 4 N–H and O–H groups in total. The van der Waals surface area contributed by atoms with Crippen molar-refractivity contribution in [2.45, 2.75) is 116 Å². The number of hydrogen-bond donors (Lipinski definition) is 3. The highest BCUT2D eigenvalue weighted by Gasteiger charge is 2.59. The van der Waals surface area contributed by atoms with E-state index in [2.05, 4.69) is 37.7 Å². The minimum atomic E-state index is -3.63. The molecule has 5 fully saturated rings. The summed E-state index contributed by atoms with van der Waals surface area (Å²) in [7, 11) is -3.63. The molecule has 198 valence electrons. The fourth-order valence-corrected chi connectivity index (χ4v) is 10.8. The van der Waals surface area contributed by atoms with Crippen molar-refractivity contribution >= 4 is 10.2 Å². The van der Waals surface area contributed by atoms with Crippen LogP contribution in [-0.4, -0.2) is 38.8 Å². The van der Waals surface area contributed by atoms with Gasteiger partial charge in [-0.1, -0.05) is 31.9 Å². The zero-order chi connectivity index (χ0) is 24.8. The summed E-state index contributed by atoms with van der Waals surface area (Å²) < 4.78 is 33.0. The summed E-state index contributed by atoms with van der Waals surface area (Å²) in [4.78, 5) is 0. The van der Waals surface area contributed by atoms with Gasteiger partial charge in [0.2, 0.25) is 0 Å². The molecule has 2 aliphatic heterocycles. The first-order chi connectivity index (χ1) is 16.5. The molecule has 3 saturated carbocycles. The number of piperidine rings is 1. The smallest absolute Gasteiger partial charge is 0.274 e. The lowest BCUT2D eigenvalue weighted by atomic mass is 9.52. The number of allylic oxidation sites excluding steroid dienone is 1. The Bertz CT molecular complexity index is 997. The fourth-order valence-electron chi connectivity index (χ4n) is 10.2. The van der Waals surface area contributed by atoms with Crippen molar-refractivity contribution in [3.8, 4) is 0 Å². The van der Waals surface area contributed by atoms with Crippen LogP contribution in [0.15, 0.2) is 11.1 Å². The molecule has 1 spiro atoms. The van der Waals surface area contributed by atoms with E-state index in [1.54, 1.807) is 11.1 Å². The number of hydrogen-bond acceptors (Lipinski definition) is 4. The Hall–Kier alpha value is -0.470. The maximum Gasteiger partial charge on any atom is 0.274 e. The lowest BCUT2D eigenvalue weighted by Gasteiger charge is -2.54. The van der Waals surface area contributed by atoms with Gasteiger partial charge in [0.25, 0.3) is 10.2 Å². The van der Waals surface area contributed by atoms with Gasteiger partial charge in [0, 0.05) is 18.0 Å². The number of ether oxygens (including phenoxy) is 1. The predicted octanol–water partition coefficient (Wildman–Crippen LogP) is 4.27. The van der Waals surface area contributed by atoms with E-state index in [9.17, 15) is 8.42 Å². The van der Waals surface area contributed by atoms with Gasteiger partial charge in [-0.15, -0.1) is 0 Å². The van der Waals surface area contributed by atoms with Crippen molar-refractivity contribution in [1.82, 2.24) is 10.0 Å². The Labute approximate surface area is 212 Å². The molecular weight excluding hydrogens is 458 g/mol. The van der Waals surface area contributed by atoms with Crippen LogP contribution in [-0.2, 0) is 14.9 Å². The maximum atomic E-state index is 11.6. The number of rotatable bonds is 2. The Morgan fingerprint density at radius 3 is 2.69 bits per heavy atom. The molecule has 7 heteroatoms. The van der Waals surface area contributed by atoms with Gasteiger partial charge in [0.05, 0.1) is 11.7 Å². The average molecular weight is 506 g/mol. The van der Waals surface area contributed by atoms with Crippen molar-refractivity contribution < 1.29 is 13.2 Å². The quantitative estimate of drug-likeness (QED) is 0.489. The number of nitrogens with one attached hydrogen (secondary N) is 2. The zero-order valence-corrected chi connectivity index (χ0v) is 23.0. The van der Waals surface area contributed by atoms with E-state index in [0.717, 1.165) is 50.0 Å². The van der Waals surface area contributed by atoms with Crippen LogP contribution in [0.5, 0.6) is 0 Å². The topological polar surface area (TPSA) is 93.5 Å². The second kappa shape index (κ2) is 8.52. The third kappa shape index (κ3) is 4.07. The predicted molar refractivity (Wildman–Crippen MR) is 139 cm³/mol. The second-order valence-corrected chi connectivity index (χ2v) is 15.1. The van der Waals surface area contributed by atoms with Crippen LogP contribution in [0.3, 0.4) is 0 Å². The highest BCUT2D eigenvalue weighted by Crippen LogP contribution is 2.65. The van der Waals surface area contributed by atoms with Gasteiger partial charge in [-0.3, -0.25) is 0 Å². The molecule has 0 bridgehead atoms. The Morgan fingerprint density at radius 1 is 1.11 bits per heavy atom. The standard InChI is InChI=1S/C28H47N3O3S/c1-16-11-25-26(30-15-16)18(3)28(34-25)10-8-21-22-6-5-19-12-20(31-35(29,32)33)7-9-27(19,4)24(22)13-23(21)17(2)14-28/h16,18-22,24-26,30-31H,5-15H2,1-4H3,(H2,29,32,33)/t16-,18+,19?,20-,21-,22?,24-,25+,26-,27-,28-/m0/s1. The second-order valence-electron chi connectivity index (χ2n) is 13.8. The van der Waals surface area contributed by atoms with E-state index >= 15 is 0 Å². The molecule has 2 heterocycles. The first kappa shape index (κ1) is 24.8. The molecule has 11 atom stereocenters. The van der Waals surface area contributed by atoms with E-state index in [0.29, 0.717) is 35.3 Å². The lowest BCUT2D eigenvalue weighted by molar-refractivity contribution is -0.0746. The van der Waals surface area contributed by atoms with Gasteiger partial charge in [0.1, 0.15) is 0 Å². The summed E-state index contributed by atoms with van der Waals surface area (Å²) in [5.74, 6) is 4.13. The van der Waals surface area contributed by atoms with Crippen molar-refractivity contribution in [3.63, 3.8) is 0 Å². The van der Waals surface area contributed by atoms with Crippen LogP contribution in [0.4, 0.5) is 0 Å². The fraction of sp³-hybridized carbons (Fsp3) is 0.929. The summed E-state index contributed by atoms with van der Waals surface area (Å²) in [6.45, 7) is 10.9. The number of fused-ring (bicyclic) bond motifs is 6. The van der Waals surface area contributed by atoms with Gasteiger partial charge in [0.15, 0.2) is 0 Å². The Kier molecular flexibility index (Phi) is 6.05. The van der Waals surface area contributed by atoms with Gasteiger partial charge in [-0.2, -0.15) is 13.1 Å². The van der Waals surface area contributed by atoms with Crippen LogP contribution in [0.2, 0.25) is 0 Å². The van der Waals surface area contributed by atoms with E-state index in [1.165, 1.54) is 38.5 Å². The van der Waals surface area contributed by atoms with Gasteiger partial charge >= 0.3 is 0 Å².